The number of piperazine rings is 1. The van der Waals surface area contributed by atoms with E-state index in [1.807, 2.05) is 6.92 Å². The van der Waals surface area contributed by atoms with E-state index in [1.54, 1.807) is 12.1 Å². The van der Waals surface area contributed by atoms with E-state index in [9.17, 15) is 13.2 Å². The zero-order valence-corrected chi connectivity index (χ0v) is 14.2. The van der Waals surface area contributed by atoms with Crippen LogP contribution in [0.25, 0.3) is 0 Å². The summed E-state index contributed by atoms with van der Waals surface area (Å²) in [5, 5.41) is 7.98. The van der Waals surface area contributed by atoms with Crippen molar-refractivity contribution in [1.29, 1.82) is 0 Å². The van der Waals surface area contributed by atoms with E-state index in [0.717, 1.165) is 44.8 Å². The Kier molecular flexibility index (Phi) is 5.97. The zero-order chi connectivity index (χ0) is 16.9. The van der Waals surface area contributed by atoms with Crippen LogP contribution in [0.2, 0.25) is 0 Å². The second kappa shape index (κ2) is 7.76. The number of amides is 1. The van der Waals surface area contributed by atoms with E-state index >= 15 is 0 Å². The molecule has 0 unspecified atom stereocenters. The van der Waals surface area contributed by atoms with Crippen LogP contribution in [0.3, 0.4) is 0 Å². The minimum absolute atomic E-state index is 0.0674. The van der Waals surface area contributed by atoms with Gasteiger partial charge in [-0.1, -0.05) is 6.92 Å². The van der Waals surface area contributed by atoms with Gasteiger partial charge in [0.1, 0.15) is 0 Å². The summed E-state index contributed by atoms with van der Waals surface area (Å²) in [6, 6.07) is 6.58. The Balaban J connectivity index is 1.86. The Morgan fingerprint density at radius 3 is 2.30 bits per heavy atom. The van der Waals surface area contributed by atoms with Crippen LogP contribution in [0.15, 0.2) is 29.2 Å². The molecule has 0 aromatic heterocycles. The molecule has 1 amide bonds. The number of carbonyl (C=O) groups is 1. The van der Waals surface area contributed by atoms with Crippen molar-refractivity contribution in [2.24, 2.45) is 5.14 Å². The molecule has 128 valence electrons. The molecule has 0 bridgehead atoms. The Bertz CT molecular complexity index is 623. The summed E-state index contributed by atoms with van der Waals surface area (Å²) in [4.78, 5) is 16.1. The molecular formula is C15H24N4O3S. The van der Waals surface area contributed by atoms with Gasteiger partial charge in [-0.2, -0.15) is 0 Å². The van der Waals surface area contributed by atoms with Gasteiger partial charge in [0.15, 0.2) is 0 Å². The van der Waals surface area contributed by atoms with Crippen molar-refractivity contribution < 1.29 is 13.2 Å². The van der Waals surface area contributed by atoms with Crippen molar-refractivity contribution in [3.05, 3.63) is 24.3 Å². The highest BCUT2D eigenvalue weighted by Gasteiger charge is 2.19. The number of hydrogen-bond acceptors (Lipinski definition) is 5. The number of carbonyl (C=O) groups excluding carboxylic acids is 1. The first-order valence-electron chi connectivity index (χ1n) is 7.77. The highest BCUT2D eigenvalue weighted by Crippen LogP contribution is 2.18. The summed E-state index contributed by atoms with van der Waals surface area (Å²) in [5.41, 5.74) is 0.965. The van der Waals surface area contributed by atoms with Crippen LogP contribution in [0.1, 0.15) is 13.3 Å². The molecule has 0 spiro atoms. The van der Waals surface area contributed by atoms with E-state index in [-0.39, 0.29) is 10.8 Å². The van der Waals surface area contributed by atoms with Crippen LogP contribution in [0.4, 0.5) is 5.69 Å². The highest BCUT2D eigenvalue weighted by atomic mass is 32.2. The maximum Gasteiger partial charge on any atom is 0.238 e. The number of primary sulfonamides is 1. The van der Waals surface area contributed by atoms with Crippen LogP contribution < -0.4 is 15.4 Å². The van der Waals surface area contributed by atoms with Gasteiger partial charge in [0.25, 0.3) is 0 Å². The first-order chi connectivity index (χ1) is 10.9. The van der Waals surface area contributed by atoms with Crippen molar-refractivity contribution >= 4 is 21.6 Å². The lowest BCUT2D eigenvalue weighted by molar-refractivity contribution is -0.122. The molecule has 0 radical (unpaired) electrons. The maximum atomic E-state index is 11.7. The molecule has 1 aliphatic heterocycles. The van der Waals surface area contributed by atoms with Crippen LogP contribution in [0.5, 0.6) is 0 Å². The Labute approximate surface area is 137 Å². The van der Waals surface area contributed by atoms with Crippen LogP contribution in [-0.2, 0) is 14.8 Å². The summed E-state index contributed by atoms with van der Waals surface area (Å²) in [6.07, 6.45) is 0.939. The van der Waals surface area contributed by atoms with E-state index < -0.39 is 10.0 Å². The number of anilines is 1. The number of benzene rings is 1. The van der Waals surface area contributed by atoms with E-state index in [1.165, 1.54) is 12.1 Å². The lowest BCUT2D eigenvalue weighted by Crippen LogP contribution is -2.49. The molecule has 1 aromatic rings. The molecule has 1 heterocycles. The third-order valence-corrected chi connectivity index (χ3v) is 4.77. The molecule has 1 fully saturated rings. The fraction of sp³-hybridized carbons (Fsp3) is 0.533. The van der Waals surface area contributed by atoms with Crippen molar-refractivity contribution in [2.45, 2.75) is 18.2 Å². The summed E-state index contributed by atoms with van der Waals surface area (Å²) >= 11 is 0. The normalized spacial score (nSPS) is 16.3. The molecule has 2 rings (SSSR count). The SMILES string of the molecule is CCCNC(=O)CN1CCN(c2ccc(S(N)(=O)=O)cc2)CC1. The Morgan fingerprint density at radius 1 is 1.17 bits per heavy atom. The maximum absolute atomic E-state index is 11.7. The lowest BCUT2D eigenvalue weighted by Gasteiger charge is -2.35. The van der Waals surface area contributed by atoms with Gasteiger partial charge in [-0.05, 0) is 30.7 Å². The van der Waals surface area contributed by atoms with Gasteiger partial charge in [-0.25, -0.2) is 13.6 Å². The number of nitrogens with one attached hydrogen (secondary N) is 1. The quantitative estimate of drug-likeness (QED) is 0.759. The van der Waals surface area contributed by atoms with Gasteiger partial charge in [0, 0.05) is 38.4 Å². The van der Waals surface area contributed by atoms with Gasteiger partial charge in [0.05, 0.1) is 11.4 Å². The summed E-state index contributed by atoms with van der Waals surface area (Å²) in [6.45, 7) is 6.38. The van der Waals surface area contributed by atoms with Crippen molar-refractivity contribution in [3.8, 4) is 0 Å². The van der Waals surface area contributed by atoms with Gasteiger partial charge < -0.3 is 10.2 Å². The highest BCUT2D eigenvalue weighted by molar-refractivity contribution is 7.89. The molecule has 0 aliphatic carbocycles. The van der Waals surface area contributed by atoms with Crippen LogP contribution in [-0.4, -0.2) is 58.5 Å². The average molecular weight is 340 g/mol. The molecule has 1 aromatic carbocycles. The minimum Gasteiger partial charge on any atom is -0.369 e. The van der Waals surface area contributed by atoms with Crippen molar-refractivity contribution in [1.82, 2.24) is 10.2 Å². The average Bonchev–Trinajstić information content (AvgIpc) is 2.53. The first kappa shape index (κ1) is 17.7. The fourth-order valence-electron chi connectivity index (χ4n) is 2.53. The Hall–Kier alpha value is -1.64. The topological polar surface area (TPSA) is 95.7 Å². The van der Waals surface area contributed by atoms with Gasteiger partial charge in [0.2, 0.25) is 15.9 Å². The molecule has 23 heavy (non-hydrogen) atoms. The van der Waals surface area contributed by atoms with Crippen LogP contribution >= 0.6 is 0 Å². The third-order valence-electron chi connectivity index (χ3n) is 3.84. The van der Waals surface area contributed by atoms with Crippen molar-refractivity contribution in [2.75, 3.05) is 44.2 Å². The molecule has 7 nitrogen and oxygen atoms in total. The van der Waals surface area contributed by atoms with Crippen molar-refractivity contribution in [3.63, 3.8) is 0 Å². The smallest absolute Gasteiger partial charge is 0.238 e. The predicted molar refractivity (Wildman–Crippen MR) is 89.8 cm³/mol. The predicted octanol–water partition coefficient (Wildman–Crippen LogP) is -0.0178. The van der Waals surface area contributed by atoms with Gasteiger partial charge in [-0.3, -0.25) is 9.69 Å². The number of rotatable bonds is 6. The first-order valence-corrected chi connectivity index (χ1v) is 9.31. The summed E-state index contributed by atoms with van der Waals surface area (Å²) in [7, 11) is -3.65. The fourth-order valence-corrected chi connectivity index (χ4v) is 3.05. The number of hydrogen-bond donors (Lipinski definition) is 2. The molecule has 0 saturated carbocycles. The molecule has 1 saturated heterocycles. The molecule has 8 heteroatoms. The number of sulfonamides is 1. The lowest BCUT2D eigenvalue weighted by atomic mass is 10.2. The zero-order valence-electron chi connectivity index (χ0n) is 13.4. The standard InChI is InChI=1S/C15H24N4O3S/c1-2-7-17-15(20)12-18-8-10-19(11-9-18)13-3-5-14(6-4-13)23(16,21)22/h3-6H,2,7-12H2,1H3,(H,17,20)(H2,16,21,22). The number of nitrogens with two attached hydrogens (primary N) is 1. The second-order valence-corrected chi connectivity index (χ2v) is 7.21. The Morgan fingerprint density at radius 2 is 1.78 bits per heavy atom. The largest absolute Gasteiger partial charge is 0.369 e. The molecule has 1 aliphatic rings. The second-order valence-electron chi connectivity index (χ2n) is 5.65. The monoisotopic (exact) mass is 340 g/mol. The molecule has 0 atom stereocenters. The summed E-state index contributed by atoms with van der Waals surface area (Å²) in [5.74, 6) is 0.0674. The number of nitrogens with zero attached hydrogens (tertiary/aromatic N) is 2. The van der Waals surface area contributed by atoms with E-state index in [2.05, 4.69) is 15.1 Å². The van der Waals surface area contributed by atoms with Gasteiger partial charge in [-0.15, -0.1) is 0 Å². The van der Waals surface area contributed by atoms with E-state index in [0.29, 0.717) is 6.54 Å². The molecular weight excluding hydrogens is 316 g/mol. The third kappa shape index (κ3) is 5.19. The molecule has 3 N–H and O–H groups in total. The van der Waals surface area contributed by atoms with Crippen LogP contribution in [0, 0.1) is 0 Å². The summed E-state index contributed by atoms with van der Waals surface area (Å²) < 4.78 is 22.5. The minimum atomic E-state index is -3.65. The van der Waals surface area contributed by atoms with Gasteiger partial charge >= 0.3 is 0 Å². The van der Waals surface area contributed by atoms with E-state index in [4.69, 9.17) is 5.14 Å².